The summed E-state index contributed by atoms with van der Waals surface area (Å²) in [6.45, 7) is 4.25. The molecule has 2 aliphatic rings. The second kappa shape index (κ2) is 4.09. The van der Waals surface area contributed by atoms with Gasteiger partial charge in [0.2, 0.25) is 0 Å². The highest BCUT2D eigenvalue weighted by molar-refractivity contribution is 7.09. The van der Waals surface area contributed by atoms with E-state index in [4.69, 9.17) is 4.74 Å². The highest BCUT2D eigenvalue weighted by Crippen LogP contribution is 2.35. The number of aryl methyl sites for hydroxylation is 1. The quantitative estimate of drug-likeness (QED) is 0.878. The maximum absolute atomic E-state index is 5.85. The van der Waals surface area contributed by atoms with Gasteiger partial charge in [0, 0.05) is 17.5 Å². The molecule has 2 saturated heterocycles. The van der Waals surface area contributed by atoms with Gasteiger partial charge < -0.3 is 10.1 Å². The Kier molecular flexibility index (Phi) is 2.73. The molecule has 0 spiro atoms. The molecule has 0 aliphatic carbocycles. The molecular weight excluding hydrogens is 220 g/mol. The van der Waals surface area contributed by atoms with Crippen LogP contribution in [0.4, 0.5) is 0 Å². The molecule has 1 N–H and O–H groups in total. The lowest BCUT2D eigenvalue weighted by Crippen LogP contribution is -2.39. The number of hydrogen-bond donors (Lipinski definition) is 1. The van der Waals surface area contributed by atoms with Crippen molar-refractivity contribution in [2.24, 2.45) is 0 Å². The lowest BCUT2D eigenvalue weighted by molar-refractivity contribution is 0.0962. The monoisotopic (exact) mass is 238 g/mol. The van der Waals surface area contributed by atoms with Crippen LogP contribution < -0.4 is 5.32 Å². The molecule has 2 fully saturated rings. The molecule has 4 atom stereocenters. The Morgan fingerprint density at radius 3 is 3.00 bits per heavy atom. The van der Waals surface area contributed by atoms with Crippen LogP contribution in [-0.4, -0.2) is 23.2 Å². The normalized spacial score (nSPS) is 34.5. The van der Waals surface area contributed by atoms with Crippen LogP contribution in [0.15, 0.2) is 5.38 Å². The molecule has 4 unspecified atom stereocenters. The number of nitrogens with one attached hydrogen (secondary N) is 1. The fourth-order valence-electron chi connectivity index (χ4n) is 2.80. The number of ether oxygens (including phenoxy) is 1. The van der Waals surface area contributed by atoms with E-state index in [1.807, 2.05) is 0 Å². The molecule has 1 aromatic rings. The van der Waals surface area contributed by atoms with Crippen molar-refractivity contribution in [3.8, 4) is 0 Å². The van der Waals surface area contributed by atoms with E-state index in [0.29, 0.717) is 24.3 Å². The van der Waals surface area contributed by atoms with E-state index in [9.17, 15) is 0 Å². The molecule has 0 aromatic carbocycles. The van der Waals surface area contributed by atoms with E-state index in [-0.39, 0.29) is 0 Å². The zero-order chi connectivity index (χ0) is 11.1. The van der Waals surface area contributed by atoms with Crippen molar-refractivity contribution >= 4 is 11.3 Å². The van der Waals surface area contributed by atoms with Crippen molar-refractivity contribution in [1.82, 2.24) is 10.3 Å². The molecule has 16 heavy (non-hydrogen) atoms. The third-order valence-electron chi connectivity index (χ3n) is 3.65. The second-order valence-electron chi connectivity index (χ2n) is 4.90. The zero-order valence-corrected chi connectivity index (χ0v) is 10.6. The molecule has 0 saturated carbocycles. The number of hydrogen-bond acceptors (Lipinski definition) is 4. The van der Waals surface area contributed by atoms with Crippen LogP contribution >= 0.6 is 11.3 Å². The van der Waals surface area contributed by atoms with Crippen LogP contribution in [-0.2, 0) is 4.74 Å². The van der Waals surface area contributed by atoms with Crippen LogP contribution in [0.1, 0.15) is 42.9 Å². The average Bonchev–Trinajstić information content (AvgIpc) is 2.92. The molecule has 1 aromatic heterocycles. The SMILES string of the molecule is Cc1nc(C(C)NC2CC3CCC2O3)cs1. The fourth-order valence-corrected chi connectivity index (χ4v) is 3.51. The zero-order valence-electron chi connectivity index (χ0n) is 9.77. The predicted octanol–water partition coefficient (Wildman–Crippen LogP) is 2.42. The summed E-state index contributed by atoms with van der Waals surface area (Å²) in [7, 11) is 0. The first kappa shape index (κ1) is 10.7. The third kappa shape index (κ3) is 1.90. The molecule has 4 heteroatoms. The minimum absolute atomic E-state index is 0.345. The number of aromatic nitrogens is 1. The Bertz CT molecular complexity index is 379. The van der Waals surface area contributed by atoms with Crippen molar-refractivity contribution in [3.63, 3.8) is 0 Å². The molecule has 0 amide bonds. The van der Waals surface area contributed by atoms with Crippen LogP contribution in [0.5, 0.6) is 0 Å². The molecular formula is C12H18N2OS. The minimum Gasteiger partial charge on any atom is -0.373 e. The van der Waals surface area contributed by atoms with E-state index in [0.717, 1.165) is 5.01 Å². The third-order valence-corrected chi connectivity index (χ3v) is 4.44. The Morgan fingerprint density at radius 2 is 2.44 bits per heavy atom. The molecule has 3 nitrogen and oxygen atoms in total. The summed E-state index contributed by atoms with van der Waals surface area (Å²) in [5, 5.41) is 6.96. The summed E-state index contributed by atoms with van der Waals surface area (Å²) < 4.78 is 5.85. The molecule has 2 aliphatic heterocycles. The standard InChI is InChI=1S/C12H18N2OS/c1-7(11-6-16-8(2)14-11)13-10-5-9-3-4-12(10)15-9/h6-7,9-10,12-13H,3-5H2,1-2H3. The minimum atomic E-state index is 0.345. The van der Waals surface area contributed by atoms with Crippen LogP contribution in [0.2, 0.25) is 0 Å². The van der Waals surface area contributed by atoms with Gasteiger partial charge in [-0.25, -0.2) is 4.98 Å². The number of rotatable bonds is 3. The van der Waals surface area contributed by atoms with E-state index in [1.54, 1.807) is 11.3 Å². The van der Waals surface area contributed by atoms with Gasteiger partial charge in [-0.2, -0.15) is 0 Å². The van der Waals surface area contributed by atoms with Gasteiger partial charge in [0.1, 0.15) is 0 Å². The number of thiazole rings is 1. The van der Waals surface area contributed by atoms with E-state index in [2.05, 4.69) is 29.5 Å². The molecule has 88 valence electrons. The Morgan fingerprint density at radius 1 is 1.56 bits per heavy atom. The number of fused-ring (bicyclic) bond motifs is 2. The smallest absolute Gasteiger partial charge is 0.0898 e. The van der Waals surface area contributed by atoms with Crippen LogP contribution in [0, 0.1) is 6.92 Å². The summed E-state index contributed by atoms with van der Waals surface area (Å²) in [6.07, 6.45) is 4.63. The van der Waals surface area contributed by atoms with Crippen molar-refractivity contribution in [1.29, 1.82) is 0 Å². The predicted molar refractivity (Wildman–Crippen MR) is 64.7 cm³/mol. The lowest BCUT2D eigenvalue weighted by Gasteiger charge is -2.23. The van der Waals surface area contributed by atoms with E-state index in [1.165, 1.54) is 25.0 Å². The van der Waals surface area contributed by atoms with Gasteiger partial charge in [0.25, 0.3) is 0 Å². The first-order chi connectivity index (χ1) is 7.72. The van der Waals surface area contributed by atoms with Gasteiger partial charge in [-0.05, 0) is 33.1 Å². The Hall–Kier alpha value is -0.450. The average molecular weight is 238 g/mol. The molecule has 2 bridgehead atoms. The van der Waals surface area contributed by atoms with Crippen LogP contribution in [0.25, 0.3) is 0 Å². The van der Waals surface area contributed by atoms with Gasteiger partial charge in [0.15, 0.2) is 0 Å². The molecule has 3 heterocycles. The van der Waals surface area contributed by atoms with Gasteiger partial charge >= 0.3 is 0 Å². The van der Waals surface area contributed by atoms with Crippen molar-refractivity contribution < 1.29 is 4.74 Å². The van der Waals surface area contributed by atoms with Gasteiger partial charge in [-0.1, -0.05) is 0 Å². The van der Waals surface area contributed by atoms with Crippen molar-refractivity contribution in [2.75, 3.05) is 0 Å². The lowest BCUT2D eigenvalue weighted by atomic mass is 9.95. The maximum Gasteiger partial charge on any atom is 0.0898 e. The first-order valence-corrected chi connectivity index (χ1v) is 6.94. The summed E-state index contributed by atoms with van der Waals surface area (Å²) in [6, 6.07) is 0.883. The molecule has 0 radical (unpaired) electrons. The summed E-state index contributed by atoms with van der Waals surface area (Å²) >= 11 is 1.72. The number of nitrogens with zero attached hydrogens (tertiary/aromatic N) is 1. The Labute approximate surface area is 100 Å². The van der Waals surface area contributed by atoms with E-state index >= 15 is 0 Å². The van der Waals surface area contributed by atoms with Crippen molar-refractivity contribution in [3.05, 3.63) is 16.1 Å². The van der Waals surface area contributed by atoms with Gasteiger partial charge in [0.05, 0.1) is 22.9 Å². The fraction of sp³-hybridized carbons (Fsp3) is 0.750. The Balaban J connectivity index is 1.62. The molecule has 3 rings (SSSR count). The van der Waals surface area contributed by atoms with Gasteiger partial charge in [-0.3, -0.25) is 0 Å². The topological polar surface area (TPSA) is 34.2 Å². The summed E-state index contributed by atoms with van der Waals surface area (Å²) in [5.74, 6) is 0. The maximum atomic E-state index is 5.85. The highest BCUT2D eigenvalue weighted by atomic mass is 32.1. The van der Waals surface area contributed by atoms with E-state index < -0.39 is 0 Å². The first-order valence-electron chi connectivity index (χ1n) is 6.06. The largest absolute Gasteiger partial charge is 0.373 e. The van der Waals surface area contributed by atoms with Gasteiger partial charge in [-0.15, -0.1) is 11.3 Å². The summed E-state index contributed by atoms with van der Waals surface area (Å²) in [4.78, 5) is 4.53. The van der Waals surface area contributed by atoms with Crippen LogP contribution in [0.3, 0.4) is 0 Å². The van der Waals surface area contributed by atoms with Crippen molar-refractivity contribution in [2.45, 2.75) is 57.4 Å². The highest BCUT2D eigenvalue weighted by Gasteiger charge is 2.41. The second-order valence-corrected chi connectivity index (χ2v) is 5.96. The summed E-state index contributed by atoms with van der Waals surface area (Å²) in [5.41, 5.74) is 1.17.